The third-order valence-corrected chi connectivity index (χ3v) is 3.89. The Morgan fingerprint density at radius 1 is 1.33 bits per heavy atom. The molecule has 134 valence electrons. The van der Waals surface area contributed by atoms with Crippen LogP contribution in [0.15, 0.2) is 24.3 Å². The van der Waals surface area contributed by atoms with Gasteiger partial charge in [-0.25, -0.2) is 0 Å². The zero-order valence-electron chi connectivity index (χ0n) is 13.8. The van der Waals surface area contributed by atoms with Crippen LogP contribution in [0.5, 0.6) is 5.75 Å². The van der Waals surface area contributed by atoms with Crippen molar-refractivity contribution in [3.05, 3.63) is 29.8 Å². The lowest BCUT2D eigenvalue weighted by Gasteiger charge is -2.20. The molecular weight excluding hydrogens is 320 g/mol. The van der Waals surface area contributed by atoms with Crippen molar-refractivity contribution in [2.45, 2.75) is 51.6 Å². The maximum absolute atomic E-state index is 12.1. The topological polar surface area (TPSA) is 56.8 Å². The van der Waals surface area contributed by atoms with Crippen LogP contribution in [0.4, 0.5) is 8.78 Å². The fourth-order valence-electron chi connectivity index (χ4n) is 2.46. The summed E-state index contributed by atoms with van der Waals surface area (Å²) in [6, 6.07) is 5.90. The molecule has 0 aromatic heterocycles. The Kier molecular flexibility index (Phi) is 6.93. The molecule has 0 unspecified atom stereocenters. The molecule has 1 fully saturated rings. The number of alkyl halides is 2. The molecule has 0 radical (unpaired) electrons. The highest BCUT2D eigenvalue weighted by Crippen LogP contribution is 2.19. The number of hydrogen-bond donors (Lipinski definition) is 1. The number of hydrogen-bond acceptors (Lipinski definition) is 4. The highest BCUT2D eigenvalue weighted by molar-refractivity contribution is 5.80. The number of halogens is 2. The highest BCUT2D eigenvalue weighted by Gasteiger charge is 2.21. The minimum absolute atomic E-state index is 0.0695. The molecule has 1 aromatic rings. The average Bonchev–Trinajstić information content (AvgIpc) is 3.06. The van der Waals surface area contributed by atoms with Gasteiger partial charge in [0.25, 0.3) is 0 Å². The maximum atomic E-state index is 12.1. The average molecular weight is 343 g/mol. The van der Waals surface area contributed by atoms with Gasteiger partial charge in [-0.3, -0.25) is 4.79 Å². The van der Waals surface area contributed by atoms with Crippen LogP contribution >= 0.6 is 0 Å². The summed E-state index contributed by atoms with van der Waals surface area (Å²) >= 11 is 0. The van der Waals surface area contributed by atoms with E-state index in [-0.39, 0.29) is 23.8 Å². The van der Waals surface area contributed by atoms with E-state index in [1.807, 2.05) is 6.92 Å². The normalized spacial score (nSPS) is 20.0. The zero-order chi connectivity index (χ0) is 17.5. The second kappa shape index (κ2) is 8.94. The molecule has 1 N–H and O–H groups in total. The summed E-state index contributed by atoms with van der Waals surface area (Å²) in [4.78, 5) is 12.1. The van der Waals surface area contributed by atoms with Gasteiger partial charge in [-0.2, -0.15) is 8.78 Å². The van der Waals surface area contributed by atoms with Crippen LogP contribution in [0.3, 0.4) is 0 Å². The van der Waals surface area contributed by atoms with E-state index in [0.29, 0.717) is 6.61 Å². The predicted molar refractivity (Wildman–Crippen MR) is 84.0 cm³/mol. The van der Waals surface area contributed by atoms with Crippen molar-refractivity contribution in [2.24, 2.45) is 0 Å². The van der Waals surface area contributed by atoms with Gasteiger partial charge >= 0.3 is 6.61 Å². The molecule has 2 rings (SSSR count). The van der Waals surface area contributed by atoms with Gasteiger partial charge in [0.2, 0.25) is 5.91 Å². The number of amides is 1. The van der Waals surface area contributed by atoms with E-state index < -0.39 is 12.7 Å². The van der Waals surface area contributed by atoms with E-state index in [1.165, 1.54) is 12.1 Å². The van der Waals surface area contributed by atoms with Gasteiger partial charge in [-0.05, 0) is 44.4 Å². The smallest absolute Gasteiger partial charge is 0.387 e. The van der Waals surface area contributed by atoms with Crippen LogP contribution in [0.2, 0.25) is 0 Å². The minimum atomic E-state index is -2.85. The lowest BCUT2D eigenvalue weighted by molar-refractivity contribution is -0.134. The van der Waals surface area contributed by atoms with Crippen LogP contribution in [0.25, 0.3) is 0 Å². The van der Waals surface area contributed by atoms with Gasteiger partial charge in [-0.15, -0.1) is 0 Å². The number of rotatable bonds is 8. The van der Waals surface area contributed by atoms with Crippen molar-refractivity contribution < 1.29 is 27.8 Å². The number of ether oxygens (including phenoxy) is 3. The fraction of sp³-hybridized carbons (Fsp3) is 0.588. The molecule has 0 spiro atoms. The Balaban J connectivity index is 1.79. The van der Waals surface area contributed by atoms with Gasteiger partial charge in [-0.1, -0.05) is 12.1 Å². The predicted octanol–water partition coefficient (Wildman–Crippen LogP) is 3.05. The quantitative estimate of drug-likeness (QED) is 0.788. The first-order chi connectivity index (χ1) is 11.5. The van der Waals surface area contributed by atoms with Crippen LogP contribution in [-0.4, -0.2) is 37.9 Å². The molecule has 1 saturated heterocycles. The van der Waals surface area contributed by atoms with E-state index in [9.17, 15) is 13.6 Å². The monoisotopic (exact) mass is 343 g/mol. The van der Waals surface area contributed by atoms with E-state index in [1.54, 1.807) is 19.1 Å². The molecule has 3 atom stereocenters. The first-order valence-electron chi connectivity index (χ1n) is 8.04. The van der Waals surface area contributed by atoms with E-state index in [0.717, 1.165) is 25.0 Å². The second-order valence-corrected chi connectivity index (χ2v) is 5.79. The molecule has 0 aliphatic carbocycles. The third kappa shape index (κ3) is 5.72. The molecule has 24 heavy (non-hydrogen) atoms. The van der Waals surface area contributed by atoms with Gasteiger partial charge in [0.05, 0.1) is 18.8 Å². The summed E-state index contributed by atoms with van der Waals surface area (Å²) < 4.78 is 39.5. The van der Waals surface area contributed by atoms with Crippen molar-refractivity contribution >= 4 is 5.91 Å². The molecule has 1 amide bonds. The molecular formula is C17H23F2NO4. The highest BCUT2D eigenvalue weighted by atomic mass is 19.3. The minimum Gasteiger partial charge on any atom is -0.435 e. The van der Waals surface area contributed by atoms with Crippen molar-refractivity contribution in [2.75, 3.05) is 13.2 Å². The number of carbonyl (C=O) groups is 1. The zero-order valence-corrected chi connectivity index (χ0v) is 13.8. The van der Waals surface area contributed by atoms with Gasteiger partial charge < -0.3 is 19.5 Å². The van der Waals surface area contributed by atoms with Crippen molar-refractivity contribution in [1.82, 2.24) is 5.32 Å². The summed E-state index contributed by atoms with van der Waals surface area (Å²) in [7, 11) is 0. The van der Waals surface area contributed by atoms with Crippen molar-refractivity contribution in [1.29, 1.82) is 0 Å². The Hall–Kier alpha value is -1.73. The first-order valence-corrected chi connectivity index (χ1v) is 8.04. The molecule has 5 nitrogen and oxygen atoms in total. The lowest BCUT2D eigenvalue weighted by Crippen LogP contribution is -2.37. The maximum Gasteiger partial charge on any atom is 0.387 e. The second-order valence-electron chi connectivity index (χ2n) is 5.79. The van der Waals surface area contributed by atoms with Gasteiger partial charge in [0, 0.05) is 6.61 Å². The van der Waals surface area contributed by atoms with Gasteiger partial charge in [0.1, 0.15) is 11.9 Å². The summed E-state index contributed by atoms with van der Waals surface area (Å²) in [5, 5.41) is 2.84. The molecule has 1 aliphatic rings. The summed E-state index contributed by atoms with van der Waals surface area (Å²) in [5.41, 5.74) is 0.788. The Bertz CT molecular complexity index is 518. The molecule has 1 aliphatic heterocycles. The van der Waals surface area contributed by atoms with Crippen LogP contribution in [0, 0.1) is 0 Å². The first kappa shape index (κ1) is 18.6. The lowest BCUT2D eigenvalue weighted by atomic mass is 10.1. The van der Waals surface area contributed by atoms with E-state index in [2.05, 4.69) is 10.1 Å². The molecule has 1 heterocycles. The Morgan fingerprint density at radius 3 is 2.62 bits per heavy atom. The van der Waals surface area contributed by atoms with Crippen molar-refractivity contribution in [3.63, 3.8) is 0 Å². The van der Waals surface area contributed by atoms with E-state index >= 15 is 0 Å². The van der Waals surface area contributed by atoms with Crippen LogP contribution in [0.1, 0.15) is 38.3 Å². The Labute approximate surface area is 140 Å². The SMILES string of the molecule is C[C@H](OC[C@H]1CCCO1)C(=O)N[C@H](C)c1ccc(OC(F)F)cc1. The Morgan fingerprint density at radius 2 is 2.04 bits per heavy atom. The van der Waals surface area contributed by atoms with Crippen molar-refractivity contribution in [3.8, 4) is 5.75 Å². The van der Waals surface area contributed by atoms with Crippen LogP contribution < -0.4 is 10.1 Å². The molecule has 7 heteroatoms. The summed E-state index contributed by atoms with van der Waals surface area (Å²) in [6.07, 6.45) is 1.47. The largest absolute Gasteiger partial charge is 0.435 e. The third-order valence-electron chi connectivity index (χ3n) is 3.89. The van der Waals surface area contributed by atoms with Gasteiger partial charge in [0.15, 0.2) is 0 Å². The number of carbonyl (C=O) groups excluding carboxylic acids is 1. The number of nitrogens with one attached hydrogen (secondary N) is 1. The van der Waals surface area contributed by atoms with E-state index in [4.69, 9.17) is 9.47 Å². The molecule has 1 aromatic carbocycles. The molecule has 0 saturated carbocycles. The summed E-state index contributed by atoms with van der Waals surface area (Å²) in [6.45, 7) is 1.80. The fourth-order valence-corrected chi connectivity index (χ4v) is 2.46. The number of benzene rings is 1. The van der Waals surface area contributed by atoms with Crippen LogP contribution in [-0.2, 0) is 14.3 Å². The summed E-state index contributed by atoms with van der Waals surface area (Å²) in [5.74, 6) is -0.144. The standard InChI is InChI=1S/C17H23F2NO4/c1-11(13-5-7-14(8-6-13)24-17(18)19)20-16(21)12(2)23-10-15-4-3-9-22-15/h5-8,11-12,15,17H,3-4,9-10H2,1-2H3,(H,20,21)/t11-,12+,15-/m1/s1. The molecule has 0 bridgehead atoms.